The van der Waals surface area contributed by atoms with Gasteiger partial charge in [0.05, 0.1) is 12.3 Å². The van der Waals surface area contributed by atoms with Crippen LogP contribution in [-0.4, -0.2) is 35.3 Å². The minimum atomic E-state index is -0.961. The predicted molar refractivity (Wildman–Crippen MR) is 59.8 cm³/mol. The number of nitrogens with zero attached hydrogens (tertiary/aromatic N) is 1. The Morgan fingerprint density at radius 2 is 2.62 bits per heavy atom. The van der Waals surface area contributed by atoms with Crippen molar-refractivity contribution in [2.24, 2.45) is 0 Å². The molecular formula is C10H14N2O3S. The van der Waals surface area contributed by atoms with Crippen molar-refractivity contribution in [2.75, 3.05) is 13.2 Å². The third kappa shape index (κ3) is 3.01. The maximum absolute atomic E-state index is 10.6. The fourth-order valence-corrected chi connectivity index (χ4v) is 2.29. The van der Waals surface area contributed by atoms with Crippen LogP contribution in [0.2, 0.25) is 0 Å². The Bertz CT molecular complexity index is 361. The third-order valence-corrected chi connectivity index (χ3v) is 3.35. The number of hydrogen-bond acceptors (Lipinski definition) is 5. The first-order valence-corrected chi connectivity index (χ1v) is 6.12. The van der Waals surface area contributed by atoms with Crippen LogP contribution in [0.4, 0.5) is 0 Å². The molecule has 5 nitrogen and oxygen atoms in total. The van der Waals surface area contributed by atoms with Gasteiger partial charge in [-0.15, -0.1) is 11.3 Å². The van der Waals surface area contributed by atoms with Gasteiger partial charge < -0.3 is 15.2 Å². The van der Waals surface area contributed by atoms with Crippen molar-refractivity contribution in [1.82, 2.24) is 10.3 Å². The van der Waals surface area contributed by atoms with Gasteiger partial charge in [-0.2, -0.15) is 0 Å². The lowest BCUT2D eigenvalue weighted by molar-refractivity contribution is 0.0689. The van der Waals surface area contributed by atoms with Gasteiger partial charge in [0.15, 0.2) is 0 Å². The number of aromatic nitrogens is 1. The second-order valence-corrected chi connectivity index (χ2v) is 4.60. The zero-order chi connectivity index (χ0) is 11.4. The molecule has 1 saturated heterocycles. The Balaban J connectivity index is 1.81. The summed E-state index contributed by atoms with van der Waals surface area (Å²) in [5.41, 5.74) is 0.785. The van der Waals surface area contributed by atoms with Gasteiger partial charge in [-0.3, -0.25) is 0 Å². The van der Waals surface area contributed by atoms with Gasteiger partial charge in [-0.1, -0.05) is 0 Å². The molecule has 0 radical (unpaired) electrons. The fourth-order valence-electron chi connectivity index (χ4n) is 1.64. The lowest BCUT2D eigenvalue weighted by Gasteiger charge is -2.22. The Morgan fingerprint density at radius 3 is 3.25 bits per heavy atom. The zero-order valence-corrected chi connectivity index (χ0v) is 9.63. The van der Waals surface area contributed by atoms with E-state index in [1.807, 2.05) is 0 Å². The largest absolute Gasteiger partial charge is 0.476 e. The first-order valence-electron chi connectivity index (χ1n) is 5.24. The molecule has 0 bridgehead atoms. The third-order valence-electron chi connectivity index (χ3n) is 2.47. The molecule has 0 aromatic carbocycles. The van der Waals surface area contributed by atoms with Crippen molar-refractivity contribution in [3.8, 4) is 0 Å². The number of rotatable bonds is 4. The molecule has 2 heterocycles. The average Bonchev–Trinajstić information content (AvgIpc) is 2.76. The highest BCUT2D eigenvalue weighted by Gasteiger charge is 2.14. The van der Waals surface area contributed by atoms with E-state index in [9.17, 15) is 4.79 Å². The van der Waals surface area contributed by atoms with Crippen molar-refractivity contribution in [1.29, 1.82) is 0 Å². The number of carbonyl (C=O) groups is 1. The molecule has 0 saturated carbocycles. The minimum absolute atomic E-state index is 0.150. The summed E-state index contributed by atoms with van der Waals surface area (Å²) in [6, 6.07) is 0.365. The predicted octanol–water partition coefficient (Wildman–Crippen LogP) is 1.11. The minimum Gasteiger partial charge on any atom is -0.476 e. The van der Waals surface area contributed by atoms with E-state index in [1.54, 1.807) is 5.38 Å². The summed E-state index contributed by atoms with van der Waals surface area (Å²) in [4.78, 5) is 14.6. The number of nitrogens with one attached hydrogen (secondary N) is 1. The van der Waals surface area contributed by atoms with Gasteiger partial charge in [0.2, 0.25) is 5.01 Å². The molecular weight excluding hydrogens is 228 g/mol. The topological polar surface area (TPSA) is 71.5 Å². The van der Waals surface area contributed by atoms with E-state index in [4.69, 9.17) is 9.84 Å². The summed E-state index contributed by atoms with van der Waals surface area (Å²) in [6.07, 6.45) is 2.19. The Kier molecular flexibility index (Phi) is 3.87. The summed E-state index contributed by atoms with van der Waals surface area (Å²) in [5, 5.41) is 14.0. The van der Waals surface area contributed by atoms with Crippen LogP contribution in [0, 0.1) is 0 Å². The van der Waals surface area contributed by atoms with E-state index in [0.29, 0.717) is 12.6 Å². The van der Waals surface area contributed by atoms with Gasteiger partial charge in [0.1, 0.15) is 0 Å². The van der Waals surface area contributed by atoms with Crippen molar-refractivity contribution >= 4 is 17.3 Å². The second-order valence-electron chi connectivity index (χ2n) is 3.74. The summed E-state index contributed by atoms with van der Waals surface area (Å²) in [5.74, 6) is -0.961. The number of carboxylic acids is 1. The van der Waals surface area contributed by atoms with E-state index in [1.165, 1.54) is 0 Å². The maximum Gasteiger partial charge on any atom is 0.365 e. The number of thiazole rings is 1. The lowest BCUT2D eigenvalue weighted by atomic mass is 10.1. The first-order chi connectivity index (χ1) is 7.75. The van der Waals surface area contributed by atoms with Crippen molar-refractivity contribution < 1.29 is 14.6 Å². The van der Waals surface area contributed by atoms with Crippen LogP contribution < -0.4 is 5.32 Å². The lowest BCUT2D eigenvalue weighted by Crippen LogP contribution is -2.36. The van der Waals surface area contributed by atoms with Crippen LogP contribution in [0.3, 0.4) is 0 Å². The normalized spacial score (nSPS) is 20.9. The van der Waals surface area contributed by atoms with Gasteiger partial charge in [-0.25, -0.2) is 9.78 Å². The molecule has 16 heavy (non-hydrogen) atoms. The molecule has 6 heteroatoms. The van der Waals surface area contributed by atoms with E-state index < -0.39 is 5.97 Å². The summed E-state index contributed by atoms with van der Waals surface area (Å²) < 4.78 is 5.34. The van der Waals surface area contributed by atoms with Crippen molar-refractivity contribution in [3.63, 3.8) is 0 Å². The van der Waals surface area contributed by atoms with Crippen LogP contribution in [0.15, 0.2) is 5.38 Å². The summed E-state index contributed by atoms with van der Waals surface area (Å²) in [6.45, 7) is 2.19. The van der Waals surface area contributed by atoms with Crippen LogP contribution in [-0.2, 0) is 11.3 Å². The highest BCUT2D eigenvalue weighted by Crippen LogP contribution is 2.11. The van der Waals surface area contributed by atoms with Crippen molar-refractivity contribution in [3.05, 3.63) is 16.1 Å². The number of ether oxygens (including phenoxy) is 1. The van der Waals surface area contributed by atoms with Gasteiger partial charge >= 0.3 is 5.97 Å². The molecule has 1 atom stereocenters. The molecule has 2 N–H and O–H groups in total. The zero-order valence-electron chi connectivity index (χ0n) is 8.81. The van der Waals surface area contributed by atoms with E-state index in [2.05, 4.69) is 10.3 Å². The monoisotopic (exact) mass is 242 g/mol. The van der Waals surface area contributed by atoms with Crippen LogP contribution >= 0.6 is 11.3 Å². The van der Waals surface area contributed by atoms with E-state index >= 15 is 0 Å². The SMILES string of the molecule is O=C(O)c1nc(CNC2CCCOC2)cs1. The Labute approximate surface area is 97.5 Å². The van der Waals surface area contributed by atoms with E-state index in [-0.39, 0.29) is 5.01 Å². The van der Waals surface area contributed by atoms with Crippen LogP contribution in [0.25, 0.3) is 0 Å². The van der Waals surface area contributed by atoms with Crippen molar-refractivity contribution in [2.45, 2.75) is 25.4 Å². The smallest absolute Gasteiger partial charge is 0.365 e. The summed E-state index contributed by atoms with van der Waals surface area (Å²) in [7, 11) is 0. The molecule has 1 fully saturated rings. The molecule has 1 aliphatic rings. The van der Waals surface area contributed by atoms with Gasteiger partial charge in [-0.05, 0) is 12.8 Å². The summed E-state index contributed by atoms with van der Waals surface area (Å²) >= 11 is 1.16. The number of aromatic carboxylic acids is 1. The van der Waals surface area contributed by atoms with Gasteiger partial charge in [0, 0.05) is 24.6 Å². The quantitative estimate of drug-likeness (QED) is 0.827. The van der Waals surface area contributed by atoms with Crippen LogP contribution in [0.5, 0.6) is 0 Å². The maximum atomic E-state index is 10.6. The molecule has 1 aromatic heterocycles. The molecule has 1 aliphatic heterocycles. The standard InChI is InChI=1S/C10H14N2O3S/c13-10(14)9-12-8(6-16-9)4-11-7-2-1-3-15-5-7/h6-7,11H,1-5H2,(H,13,14). The molecule has 0 spiro atoms. The highest BCUT2D eigenvalue weighted by atomic mass is 32.1. The Morgan fingerprint density at radius 1 is 1.75 bits per heavy atom. The molecule has 88 valence electrons. The number of hydrogen-bond donors (Lipinski definition) is 2. The second kappa shape index (κ2) is 5.38. The average molecular weight is 242 g/mol. The molecule has 0 aliphatic carbocycles. The molecule has 2 rings (SSSR count). The van der Waals surface area contributed by atoms with Gasteiger partial charge in [0.25, 0.3) is 0 Å². The molecule has 1 aromatic rings. The van der Waals surface area contributed by atoms with Crippen LogP contribution in [0.1, 0.15) is 28.3 Å². The van der Waals surface area contributed by atoms with E-state index in [0.717, 1.165) is 43.1 Å². The fraction of sp³-hybridized carbons (Fsp3) is 0.600. The highest BCUT2D eigenvalue weighted by molar-refractivity contribution is 7.11. The molecule has 1 unspecified atom stereocenters. The molecule has 0 amide bonds. The Hall–Kier alpha value is -0.980. The number of carboxylic acid groups (broad SMARTS) is 1. The first kappa shape index (κ1) is 11.5.